The number of allylic oxidation sites excluding steroid dienone is 1. The second-order valence-corrected chi connectivity index (χ2v) is 10.7. The minimum Gasteiger partial charge on any atom is -0.457 e. The van der Waals surface area contributed by atoms with E-state index in [9.17, 15) is 24.3 Å². The van der Waals surface area contributed by atoms with Gasteiger partial charge in [0.2, 0.25) is 17.7 Å². The van der Waals surface area contributed by atoms with E-state index < -0.39 is 54.0 Å². The third-order valence-electron chi connectivity index (χ3n) is 5.47. The Morgan fingerprint density at radius 3 is 2.59 bits per heavy atom. The summed E-state index contributed by atoms with van der Waals surface area (Å²) in [7, 11) is 3.03. The average Bonchev–Trinajstić information content (AvgIpc) is 2.73. The zero-order valence-electron chi connectivity index (χ0n) is 18.7. The van der Waals surface area contributed by atoms with Crippen molar-refractivity contribution in [3.8, 4) is 0 Å². The lowest BCUT2D eigenvalue weighted by Crippen LogP contribution is -2.57. The number of hydrogen-bond donors (Lipinski definition) is 4. The van der Waals surface area contributed by atoms with Crippen molar-refractivity contribution in [1.82, 2.24) is 16.0 Å². The van der Waals surface area contributed by atoms with Crippen LogP contribution in [0.15, 0.2) is 12.2 Å². The number of aliphatic hydroxyl groups excluding tert-OH is 1. The summed E-state index contributed by atoms with van der Waals surface area (Å²) in [4.78, 5) is 50.7. The molecule has 11 heteroatoms. The van der Waals surface area contributed by atoms with E-state index >= 15 is 0 Å². The van der Waals surface area contributed by atoms with Gasteiger partial charge in [0.1, 0.15) is 18.2 Å². The molecular weight excluding hydrogens is 454 g/mol. The van der Waals surface area contributed by atoms with Gasteiger partial charge in [-0.15, -0.1) is 0 Å². The second-order valence-electron chi connectivity index (χ2n) is 8.10. The first-order valence-electron chi connectivity index (χ1n) is 10.9. The van der Waals surface area contributed by atoms with Gasteiger partial charge in [-0.2, -0.15) is 0 Å². The molecule has 2 bridgehead atoms. The number of esters is 1. The van der Waals surface area contributed by atoms with Crippen molar-refractivity contribution in [1.29, 1.82) is 0 Å². The van der Waals surface area contributed by atoms with Gasteiger partial charge in [-0.05, 0) is 25.3 Å². The number of aliphatic hydroxyl groups is 1. The molecule has 0 aromatic heterocycles. The molecule has 2 rings (SSSR count). The van der Waals surface area contributed by atoms with Crippen LogP contribution in [0.5, 0.6) is 0 Å². The van der Waals surface area contributed by atoms with Crippen molar-refractivity contribution < 1.29 is 29.0 Å². The van der Waals surface area contributed by atoms with Gasteiger partial charge >= 0.3 is 5.97 Å². The van der Waals surface area contributed by atoms with Gasteiger partial charge in [-0.1, -0.05) is 47.9 Å². The molecule has 0 radical (unpaired) electrons. The molecule has 6 atom stereocenters. The fourth-order valence-electron chi connectivity index (χ4n) is 3.37. The average molecular weight is 488 g/mol. The van der Waals surface area contributed by atoms with Crippen LogP contribution < -0.4 is 16.0 Å². The van der Waals surface area contributed by atoms with Crippen LogP contribution in [0.1, 0.15) is 46.5 Å². The minimum atomic E-state index is -1.17. The highest BCUT2D eigenvalue weighted by Gasteiger charge is 2.33. The quantitative estimate of drug-likeness (QED) is 0.257. The molecule has 3 amide bonds. The molecule has 0 aromatic carbocycles. The summed E-state index contributed by atoms with van der Waals surface area (Å²) in [5, 5.41) is 18.9. The van der Waals surface area contributed by atoms with E-state index in [1.54, 1.807) is 16.9 Å². The lowest BCUT2D eigenvalue weighted by molar-refractivity contribution is -0.151. The fourth-order valence-corrected chi connectivity index (χ4v) is 5.52. The maximum Gasteiger partial charge on any atom is 0.309 e. The van der Waals surface area contributed by atoms with E-state index in [0.29, 0.717) is 18.6 Å². The van der Waals surface area contributed by atoms with Crippen molar-refractivity contribution in [3.63, 3.8) is 0 Å². The number of nitrogens with one attached hydrogen (secondary N) is 3. The molecular formula is C21H33N3O6S2. The van der Waals surface area contributed by atoms with Gasteiger partial charge < -0.3 is 25.8 Å². The molecule has 4 N–H and O–H groups in total. The molecule has 1 fully saturated rings. The van der Waals surface area contributed by atoms with Crippen LogP contribution in [0.2, 0.25) is 0 Å². The number of rotatable bonds is 2. The Labute approximate surface area is 196 Å². The topological polar surface area (TPSA) is 134 Å². The van der Waals surface area contributed by atoms with Crippen LogP contribution in [0.3, 0.4) is 0 Å². The largest absolute Gasteiger partial charge is 0.457 e. The molecule has 2 heterocycles. The lowest BCUT2D eigenvalue weighted by atomic mass is 9.92. The molecule has 9 nitrogen and oxygen atoms in total. The third-order valence-corrected chi connectivity index (χ3v) is 7.91. The molecule has 0 aliphatic carbocycles. The number of hydrogen-bond acceptors (Lipinski definition) is 8. The molecule has 2 aliphatic rings. The highest BCUT2D eigenvalue weighted by atomic mass is 33.1. The van der Waals surface area contributed by atoms with E-state index in [-0.39, 0.29) is 18.8 Å². The molecule has 180 valence electrons. The van der Waals surface area contributed by atoms with Crippen LogP contribution in [0.4, 0.5) is 0 Å². The smallest absolute Gasteiger partial charge is 0.309 e. The molecule has 0 saturated carbocycles. The first-order valence-corrected chi connectivity index (χ1v) is 13.4. The van der Waals surface area contributed by atoms with E-state index in [1.807, 2.05) is 19.9 Å². The van der Waals surface area contributed by atoms with Crippen LogP contribution in [0.25, 0.3) is 0 Å². The van der Waals surface area contributed by atoms with Gasteiger partial charge in [0.25, 0.3) is 0 Å². The number of ether oxygens (including phenoxy) is 1. The van der Waals surface area contributed by atoms with Gasteiger partial charge in [0.15, 0.2) is 0 Å². The zero-order chi connectivity index (χ0) is 23.7. The Morgan fingerprint density at radius 2 is 1.88 bits per heavy atom. The first-order chi connectivity index (χ1) is 15.2. The van der Waals surface area contributed by atoms with E-state index in [4.69, 9.17) is 4.74 Å². The first kappa shape index (κ1) is 26.5. The predicted octanol–water partition coefficient (Wildman–Crippen LogP) is 0.915. The number of fused-ring (bicyclic) bond motifs is 7. The van der Waals surface area contributed by atoms with Gasteiger partial charge in [-0.3, -0.25) is 19.2 Å². The molecule has 0 aromatic rings. The minimum absolute atomic E-state index is 0.118. The van der Waals surface area contributed by atoms with Crippen LogP contribution in [-0.2, 0) is 23.9 Å². The molecule has 1 unspecified atom stereocenters. The Balaban J connectivity index is 2.43. The van der Waals surface area contributed by atoms with E-state index in [1.165, 1.54) is 17.7 Å². The summed E-state index contributed by atoms with van der Waals surface area (Å²) in [6.45, 7) is 5.33. The molecule has 0 spiro atoms. The maximum absolute atomic E-state index is 13.1. The van der Waals surface area contributed by atoms with Gasteiger partial charge in [0.05, 0.1) is 25.0 Å². The van der Waals surface area contributed by atoms with Crippen LogP contribution >= 0.6 is 21.6 Å². The maximum atomic E-state index is 13.1. The second kappa shape index (κ2) is 13.1. The van der Waals surface area contributed by atoms with Crippen LogP contribution in [-0.4, -0.2) is 70.6 Å². The summed E-state index contributed by atoms with van der Waals surface area (Å²) < 4.78 is 5.46. The lowest BCUT2D eigenvalue weighted by Gasteiger charge is -2.30. The number of carbonyl (C=O) groups excluding carboxylic acids is 4. The standard InChI is InChI=1S/C21H33N3O6S2/c1-4-12(2)19-16(25)10-18(27)30-14-7-5-6-8-31-32-11-15(21(29)24-19)23-20(28)13(3)22-17(26)9-14/h5,7,12-16,19,25H,4,6,8-11H2,1-3H3,(H,22,26)(H,23,28)(H,24,29)/b7-5+/t12?,13-,14-,15-,16+,19-/m1/s1. The Kier molecular flexibility index (Phi) is 10.9. The number of amides is 3. The van der Waals surface area contributed by atoms with Crippen molar-refractivity contribution >= 4 is 45.3 Å². The van der Waals surface area contributed by atoms with Crippen molar-refractivity contribution in [2.75, 3.05) is 11.5 Å². The Hall–Kier alpha value is -1.72. The molecule has 32 heavy (non-hydrogen) atoms. The van der Waals surface area contributed by atoms with Crippen molar-refractivity contribution in [2.45, 2.75) is 76.8 Å². The Morgan fingerprint density at radius 1 is 1.12 bits per heavy atom. The summed E-state index contributed by atoms with van der Waals surface area (Å²) in [6.07, 6.45) is 2.41. The zero-order valence-corrected chi connectivity index (χ0v) is 20.3. The van der Waals surface area contributed by atoms with Gasteiger partial charge in [0, 0.05) is 11.5 Å². The van der Waals surface area contributed by atoms with E-state index in [2.05, 4.69) is 16.0 Å². The molecule has 2 aliphatic heterocycles. The molecule has 1 saturated heterocycles. The normalized spacial score (nSPS) is 33.3. The third kappa shape index (κ3) is 8.32. The van der Waals surface area contributed by atoms with E-state index in [0.717, 1.165) is 5.75 Å². The van der Waals surface area contributed by atoms with Crippen LogP contribution in [0, 0.1) is 5.92 Å². The highest BCUT2D eigenvalue weighted by Crippen LogP contribution is 2.24. The predicted molar refractivity (Wildman–Crippen MR) is 125 cm³/mol. The monoisotopic (exact) mass is 487 g/mol. The summed E-state index contributed by atoms with van der Waals surface area (Å²) >= 11 is 0. The van der Waals surface area contributed by atoms with Crippen molar-refractivity contribution in [2.24, 2.45) is 5.92 Å². The van der Waals surface area contributed by atoms with Crippen molar-refractivity contribution in [3.05, 3.63) is 12.2 Å². The summed E-state index contributed by atoms with van der Waals surface area (Å²) in [5.74, 6) is -1.09. The Bertz CT molecular complexity index is 720. The summed E-state index contributed by atoms with van der Waals surface area (Å²) in [5.41, 5.74) is 0. The van der Waals surface area contributed by atoms with Gasteiger partial charge in [-0.25, -0.2) is 0 Å². The summed E-state index contributed by atoms with van der Waals surface area (Å²) in [6, 6.07) is -2.42. The fraction of sp³-hybridized carbons (Fsp3) is 0.714. The number of carbonyl (C=O) groups is 4. The SMILES string of the molecule is CCC(C)[C@H]1NC(=O)[C@H]2CSSCC/C=C/[C@H](CC(=O)N[C@H](C)C(=O)N2)OC(=O)C[C@@H]1O. The highest BCUT2D eigenvalue weighted by molar-refractivity contribution is 8.76.